The standard InChI is InChI=1S/C17H15N3OS/c21-15(12-6-2-1-3-7-12)14-10-13-16(20-8-4-5-9-20)18-11-19-17(13)22-14/h1-3,6-7,10-11H,4-5,8-9H2. The van der Waals surface area contributed by atoms with Crippen LogP contribution in [0.15, 0.2) is 42.7 Å². The monoisotopic (exact) mass is 309 g/mol. The molecule has 1 fully saturated rings. The minimum atomic E-state index is 0.0518. The summed E-state index contributed by atoms with van der Waals surface area (Å²) in [4.78, 5) is 25.3. The zero-order valence-corrected chi connectivity index (χ0v) is 12.8. The van der Waals surface area contributed by atoms with Gasteiger partial charge >= 0.3 is 0 Å². The number of rotatable bonds is 3. The van der Waals surface area contributed by atoms with E-state index in [9.17, 15) is 4.79 Å². The lowest BCUT2D eigenvalue weighted by Gasteiger charge is -2.16. The van der Waals surface area contributed by atoms with Crippen molar-refractivity contribution in [3.63, 3.8) is 0 Å². The van der Waals surface area contributed by atoms with Crippen molar-refractivity contribution in [2.75, 3.05) is 18.0 Å². The molecule has 0 saturated carbocycles. The molecule has 22 heavy (non-hydrogen) atoms. The van der Waals surface area contributed by atoms with Crippen LogP contribution in [0.2, 0.25) is 0 Å². The fourth-order valence-electron chi connectivity index (χ4n) is 2.87. The van der Waals surface area contributed by atoms with Gasteiger partial charge in [0, 0.05) is 18.7 Å². The Kier molecular flexibility index (Phi) is 3.35. The highest BCUT2D eigenvalue weighted by Crippen LogP contribution is 2.32. The van der Waals surface area contributed by atoms with Crippen LogP contribution in [0, 0.1) is 0 Å². The van der Waals surface area contributed by atoms with Crippen molar-refractivity contribution in [1.29, 1.82) is 0 Å². The number of fused-ring (bicyclic) bond motifs is 1. The molecule has 0 atom stereocenters. The Morgan fingerprint density at radius 2 is 1.86 bits per heavy atom. The Balaban J connectivity index is 1.77. The van der Waals surface area contributed by atoms with Crippen LogP contribution in [-0.4, -0.2) is 28.8 Å². The van der Waals surface area contributed by atoms with Gasteiger partial charge in [-0.1, -0.05) is 30.3 Å². The second kappa shape index (κ2) is 5.50. The van der Waals surface area contributed by atoms with Crippen LogP contribution in [-0.2, 0) is 0 Å². The summed E-state index contributed by atoms with van der Waals surface area (Å²) in [5, 5.41) is 0.994. The van der Waals surface area contributed by atoms with Crippen molar-refractivity contribution in [2.24, 2.45) is 0 Å². The molecule has 0 aliphatic carbocycles. The summed E-state index contributed by atoms with van der Waals surface area (Å²) >= 11 is 1.45. The van der Waals surface area contributed by atoms with Crippen LogP contribution < -0.4 is 4.90 Å². The van der Waals surface area contributed by atoms with E-state index in [1.807, 2.05) is 36.4 Å². The largest absolute Gasteiger partial charge is 0.356 e. The van der Waals surface area contributed by atoms with E-state index in [0.717, 1.165) is 34.0 Å². The van der Waals surface area contributed by atoms with Gasteiger partial charge < -0.3 is 4.90 Å². The van der Waals surface area contributed by atoms with Crippen LogP contribution in [0.3, 0.4) is 0 Å². The number of carbonyl (C=O) groups excluding carboxylic acids is 1. The highest BCUT2D eigenvalue weighted by Gasteiger charge is 2.20. The predicted octanol–water partition coefficient (Wildman–Crippen LogP) is 3.52. The molecule has 1 aliphatic rings. The first-order chi connectivity index (χ1) is 10.8. The molecular formula is C17H15N3OS. The van der Waals surface area contributed by atoms with Crippen LogP contribution >= 0.6 is 11.3 Å². The molecule has 0 spiro atoms. The van der Waals surface area contributed by atoms with Crippen LogP contribution in [0.25, 0.3) is 10.2 Å². The number of ketones is 1. The molecule has 2 aromatic heterocycles. The summed E-state index contributed by atoms with van der Waals surface area (Å²) in [6, 6.07) is 11.3. The van der Waals surface area contributed by atoms with Crippen molar-refractivity contribution in [3.8, 4) is 0 Å². The average molecular weight is 309 g/mol. The second-order valence-corrected chi connectivity index (χ2v) is 6.45. The van der Waals surface area contributed by atoms with E-state index in [0.29, 0.717) is 5.56 Å². The van der Waals surface area contributed by atoms with E-state index < -0.39 is 0 Å². The van der Waals surface area contributed by atoms with Crippen molar-refractivity contribution in [2.45, 2.75) is 12.8 Å². The predicted molar refractivity (Wildman–Crippen MR) is 88.7 cm³/mol. The summed E-state index contributed by atoms with van der Waals surface area (Å²) in [7, 11) is 0. The fourth-order valence-corrected chi connectivity index (χ4v) is 3.82. The van der Waals surface area contributed by atoms with Crippen LogP contribution in [0.1, 0.15) is 28.1 Å². The van der Waals surface area contributed by atoms with Gasteiger partial charge in [0.25, 0.3) is 0 Å². The molecule has 4 nitrogen and oxygen atoms in total. The number of benzene rings is 1. The molecule has 3 heterocycles. The van der Waals surface area contributed by atoms with Gasteiger partial charge in [-0.05, 0) is 18.9 Å². The van der Waals surface area contributed by atoms with E-state index in [-0.39, 0.29) is 5.78 Å². The number of aromatic nitrogens is 2. The normalized spacial score (nSPS) is 14.6. The third-order valence-electron chi connectivity index (χ3n) is 3.97. The quantitative estimate of drug-likeness (QED) is 0.694. The number of carbonyl (C=O) groups is 1. The Labute approximate surface area is 132 Å². The molecule has 4 rings (SSSR count). The topological polar surface area (TPSA) is 46.1 Å². The number of anilines is 1. The number of nitrogens with zero attached hydrogens (tertiary/aromatic N) is 3. The van der Waals surface area contributed by atoms with Gasteiger partial charge in [-0.25, -0.2) is 9.97 Å². The molecule has 1 saturated heterocycles. The Morgan fingerprint density at radius 3 is 2.64 bits per heavy atom. The van der Waals surface area contributed by atoms with Crippen molar-refractivity contribution < 1.29 is 4.79 Å². The summed E-state index contributed by atoms with van der Waals surface area (Å²) in [6.07, 6.45) is 4.00. The van der Waals surface area contributed by atoms with Crippen molar-refractivity contribution in [3.05, 3.63) is 53.2 Å². The zero-order chi connectivity index (χ0) is 14.9. The van der Waals surface area contributed by atoms with Gasteiger partial charge in [0.1, 0.15) is 17.0 Å². The van der Waals surface area contributed by atoms with Gasteiger partial charge in [-0.2, -0.15) is 0 Å². The van der Waals surface area contributed by atoms with Gasteiger partial charge in [0.15, 0.2) is 0 Å². The number of hydrogen-bond donors (Lipinski definition) is 0. The lowest BCUT2D eigenvalue weighted by atomic mass is 10.1. The molecule has 0 radical (unpaired) electrons. The van der Waals surface area contributed by atoms with Gasteiger partial charge in [-0.15, -0.1) is 11.3 Å². The summed E-state index contributed by atoms with van der Waals surface area (Å²) < 4.78 is 0. The van der Waals surface area contributed by atoms with E-state index in [2.05, 4.69) is 14.9 Å². The number of thiophene rings is 1. The third kappa shape index (κ3) is 2.27. The number of hydrogen-bond acceptors (Lipinski definition) is 5. The summed E-state index contributed by atoms with van der Waals surface area (Å²) in [5.74, 6) is 1.02. The maximum absolute atomic E-state index is 12.6. The average Bonchev–Trinajstić information content (AvgIpc) is 3.24. The summed E-state index contributed by atoms with van der Waals surface area (Å²) in [6.45, 7) is 2.06. The Hall–Kier alpha value is -2.27. The van der Waals surface area contributed by atoms with E-state index in [1.54, 1.807) is 6.33 Å². The lowest BCUT2D eigenvalue weighted by Crippen LogP contribution is -2.19. The molecule has 0 amide bonds. The maximum atomic E-state index is 12.6. The first-order valence-corrected chi connectivity index (χ1v) is 8.24. The molecule has 0 N–H and O–H groups in total. The second-order valence-electron chi connectivity index (χ2n) is 5.42. The highest BCUT2D eigenvalue weighted by molar-refractivity contribution is 7.20. The van der Waals surface area contributed by atoms with E-state index in [4.69, 9.17) is 0 Å². The van der Waals surface area contributed by atoms with Gasteiger partial charge in [0.05, 0.1) is 10.3 Å². The van der Waals surface area contributed by atoms with Gasteiger partial charge in [-0.3, -0.25) is 4.79 Å². The third-order valence-corrected chi connectivity index (χ3v) is 5.02. The van der Waals surface area contributed by atoms with E-state index in [1.165, 1.54) is 24.2 Å². The summed E-state index contributed by atoms with van der Waals surface area (Å²) in [5.41, 5.74) is 0.713. The SMILES string of the molecule is O=C(c1ccccc1)c1cc2c(N3CCCC3)ncnc2s1. The maximum Gasteiger partial charge on any atom is 0.203 e. The lowest BCUT2D eigenvalue weighted by molar-refractivity contribution is 0.104. The molecule has 5 heteroatoms. The Bertz CT molecular complexity index is 822. The molecule has 110 valence electrons. The molecule has 0 bridgehead atoms. The highest BCUT2D eigenvalue weighted by atomic mass is 32.1. The minimum Gasteiger partial charge on any atom is -0.356 e. The Morgan fingerprint density at radius 1 is 1.09 bits per heavy atom. The van der Waals surface area contributed by atoms with Crippen molar-refractivity contribution in [1.82, 2.24) is 9.97 Å². The van der Waals surface area contributed by atoms with E-state index >= 15 is 0 Å². The molecule has 1 aliphatic heterocycles. The van der Waals surface area contributed by atoms with Gasteiger partial charge in [0.2, 0.25) is 5.78 Å². The zero-order valence-electron chi connectivity index (χ0n) is 12.0. The van der Waals surface area contributed by atoms with Crippen LogP contribution in [0.4, 0.5) is 5.82 Å². The first-order valence-electron chi connectivity index (χ1n) is 7.42. The molecule has 3 aromatic rings. The molecular weight excluding hydrogens is 294 g/mol. The fraction of sp³-hybridized carbons (Fsp3) is 0.235. The minimum absolute atomic E-state index is 0.0518. The van der Waals surface area contributed by atoms with Crippen molar-refractivity contribution >= 4 is 33.2 Å². The first kappa shape index (κ1) is 13.4. The molecule has 1 aromatic carbocycles. The van der Waals surface area contributed by atoms with Crippen LogP contribution in [0.5, 0.6) is 0 Å². The molecule has 0 unspecified atom stereocenters. The smallest absolute Gasteiger partial charge is 0.203 e.